The van der Waals surface area contributed by atoms with E-state index in [1.165, 1.54) is 0 Å². The Balaban J connectivity index is 2.11. The van der Waals surface area contributed by atoms with E-state index in [1.54, 1.807) is 0 Å². The maximum absolute atomic E-state index is 12.4. The van der Waals surface area contributed by atoms with E-state index in [4.69, 9.17) is 0 Å². The van der Waals surface area contributed by atoms with Gasteiger partial charge in [0.15, 0.2) is 0 Å². The first-order valence-electron chi connectivity index (χ1n) is 7.64. The van der Waals surface area contributed by atoms with Gasteiger partial charge in [-0.15, -0.1) is 0 Å². The highest BCUT2D eigenvalue weighted by molar-refractivity contribution is 5.98. The maximum atomic E-state index is 12.4. The molecular weight excluding hydrogens is 274 g/mol. The Hall–Kier alpha value is -2.54. The van der Waals surface area contributed by atoms with Crippen molar-refractivity contribution in [1.29, 1.82) is 5.26 Å². The van der Waals surface area contributed by atoms with Gasteiger partial charge in [-0.3, -0.25) is 14.8 Å². The molecule has 0 bridgehead atoms. The van der Waals surface area contributed by atoms with Crippen molar-refractivity contribution in [2.45, 2.75) is 20.3 Å². The van der Waals surface area contributed by atoms with Crippen LogP contribution in [-0.2, 0) is 4.79 Å². The first-order valence-corrected chi connectivity index (χ1v) is 7.64. The van der Waals surface area contributed by atoms with E-state index >= 15 is 0 Å². The second-order valence-corrected chi connectivity index (χ2v) is 5.88. The first-order chi connectivity index (χ1) is 10.6. The molecule has 2 aromatic carbocycles. The molecule has 1 saturated heterocycles. The van der Waals surface area contributed by atoms with Gasteiger partial charge in [-0.1, -0.05) is 38.1 Å². The molecule has 1 aliphatic rings. The molecule has 4 nitrogen and oxygen atoms in total. The third-order valence-electron chi connectivity index (χ3n) is 4.08. The van der Waals surface area contributed by atoms with Crippen molar-refractivity contribution in [2.75, 3.05) is 18.1 Å². The van der Waals surface area contributed by atoms with Gasteiger partial charge in [0.1, 0.15) is 0 Å². The molecule has 22 heavy (non-hydrogen) atoms. The minimum atomic E-state index is -0.0229. The molecule has 0 unspecified atom stereocenters. The van der Waals surface area contributed by atoms with Gasteiger partial charge in [-0.05, 0) is 18.6 Å². The lowest BCUT2D eigenvalue weighted by atomic mass is 10.0. The number of nitrogens with zero attached hydrogens (tertiary/aromatic N) is 3. The summed E-state index contributed by atoms with van der Waals surface area (Å²) in [7, 11) is 0. The average molecular weight is 293 g/mol. The summed E-state index contributed by atoms with van der Waals surface area (Å²) in [6.45, 7) is 5.44. The normalized spacial score (nSPS) is 14.6. The molecule has 3 rings (SSSR count). The number of anilines is 1. The highest BCUT2D eigenvalue weighted by atomic mass is 16.2. The zero-order valence-corrected chi connectivity index (χ0v) is 12.9. The van der Waals surface area contributed by atoms with Gasteiger partial charge in [-0.2, -0.15) is 5.26 Å². The summed E-state index contributed by atoms with van der Waals surface area (Å²) in [6.07, 6.45) is 0.965. The van der Waals surface area contributed by atoms with E-state index < -0.39 is 0 Å². The molecule has 1 aliphatic heterocycles. The Bertz CT molecular complexity index is 761. The van der Waals surface area contributed by atoms with Crippen molar-refractivity contribution in [2.24, 2.45) is 5.92 Å². The number of hydrogen-bond acceptors (Lipinski definition) is 3. The number of fused-ring (bicyclic) bond motifs is 1. The van der Waals surface area contributed by atoms with Gasteiger partial charge in [0.2, 0.25) is 5.91 Å². The number of benzene rings is 2. The van der Waals surface area contributed by atoms with Gasteiger partial charge >= 0.3 is 0 Å². The van der Waals surface area contributed by atoms with Crippen LogP contribution in [0.4, 0.5) is 5.69 Å². The highest BCUT2D eigenvalue weighted by Crippen LogP contribution is 2.32. The SMILES string of the molecule is CC(C)C(=O)N1CCCN1c1ccc(C#N)c2ccccc12. The molecule has 0 N–H and O–H groups in total. The van der Waals surface area contributed by atoms with Crippen molar-refractivity contribution >= 4 is 22.4 Å². The van der Waals surface area contributed by atoms with Crippen LogP contribution in [0.15, 0.2) is 36.4 Å². The number of rotatable bonds is 2. The lowest BCUT2D eigenvalue weighted by molar-refractivity contribution is -0.133. The predicted octanol–water partition coefficient (Wildman–Crippen LogP) is 3.32. The summed E-state index contributed by atoms with van der Waals surface area (Å²) in [5.41, 5.74) is 1.67. The van der Waals surface area contributed by atoms with Crippen LogP contribution >= 0.6 is 0 Å². The minimum Gasteiger partial charge on any atom is -0.282 e. The summed E-state index contributed by atoms with van der Waals surface area (Å²) in [5, 5.41) is 15.1. The quantitative estimate of drug-likeness (QED) is 0.853. The molecule has 0 radical (unpaired) electrons. The number of nitriles is 1. The second kappa shape index (κ2) is 5.69. The van der Waals surface area contributed by atoms with Gasteiger partial charge in [0.05, 0.1) is 17.3 Å². The molecule has 0 saturated carbocycles. The van der Waals surface area contributed by atoms with Crippen LogP contribution in [0.5, 0.6) is 0 Å². The van der Waals surface area contributed by atoms with Crippen LogP contribution in [0.3, 0.4) is 0 Å². The van der Waals surface area contributed by atoms with Crippen LogP contribution in [0, 0.1) is 17.2 Å². The Labute approximate surface area is 130 Å². The molecular formula is C18H19N3O. The van der Waals surface area contributed by atoms with E-state index in [0.29, 0.717) is 5.56 Å². The Morgan fingerprint density at radius 3 is 2.55 bits per heavy atom. The number of hydrogen-bond donors (Lipinski definition) is 0. The van der Waals surface area contributed by atoms with Gasteiger partial charge in [-0.25, -0.2) is 0 Å². The first kappa shape index (κ1) is 14.4. The fourth-order valence-electron chi connectivity index (χ4n) is 3.00. The van der Waals surface area contributed by atoms with Crippen LogP contribution < -0.4 is 5.01 Å². The number of amides is 1. The third-order valence-corrected chi connectivity index (χ3v) is 4.08. The van der Waals surface area contributed by atoms with Gasteiger partial charge < -0.3 is 0 Å². The molecule has 1 fully saturated rings. The zero-order chi connectivity index (χ0) is 15.7. The minimum absolute atomic E-state index is 0.0229. The second-order valence-electron chi connectivity index (χ2n) is 5.88. The molecule has 2 aromatic rings. The number of carbonyl (C=O) groups is 1. The molecule has 0 aliphatic carbocycles. The average Bonchev–Trinajstić information content (AvgIpc) is 3.02. The van der Waals surface area contributed by atoms with Crippen LogP contribution in [0.25, 0.3) is 10.8 Å². The molecule has 112 valence electrons. The summed E-state index contributed by atoms with van der Waals surface area (Å²) in [6, 6.07) is 13.9. The van der Waals surface area contributed by atoms with E-state index in [9.17, 15) is 10.1 Å². The number of hydrazine groups is 1. The maximum Gasteiger partial charge on any atom is 0.243 e. The highest BCUT2D eigenvalue weighted by Gasteiger charge is 2.29. The van der Waals surface area contributed by atoms with E-state index in [-0.39, 0.29) is 11.8 Å². The Morgan fingerprint density at radius 2 is 1.86 bits per heavy atom. The fourth-order valence-corrected chi connectivity index (χ4v) is 3.00. The van der Waals surface area contributed by atoms with Gasteiger partial charge in [0.25, 0.3) is 0 Å². The molecule has 0 atom stereocenters. The van der Waals surface area contributed by atoms with Crippen molar-refractivity contribution in [3.05, 3.63) is 42.0 Å². The van der Waals surface area contributed by atoms with Crippen molar-refractivity contribution in [1.82, 2.24) is 5.01 Å². The van der Waals surface area contributed by atoms with E-state index in [0.717, 1.165) is 36.0 Å². The lowest BCUT2D eigenvalue weighted by Crippen LogP contribution is -2.43. The van der Waals surface area contributed by atoms with Crippen LogP contribution in [0.1, 0.15) is 25.8 Å². The van der Waals surface area contributed by atoms with Crippen molar-refractivity contribution in [3.8, 4) is 6.07 Å². The van der Waals surface area contributed by atoms with Crippen molar-refractivity contribution < 1.29 is 4.79 Å². The Morgan fingerprint density at radius 1 is 1.14 bits per heavy atom. The largest absolute Gasteiger partial charge is 0.282 e. The molecule has 0 aromatic heterocycles. The molecule has 4 heteroatoms. The van der Waals surface area contributed by atoms with Crippen LogP contribution in [-0.4, -0.2) is 24.0 Å². The zero-order valence-electron chi connectivity index (χ0n) is 12.9. The van der Waals surface area contributed by atoms with Crippen LogP contribution in [0.2, 0.25) is 0 Å². The summed E-state index contributed by atoms with van der Waals surface area (Å²) >= 11 is 0. The molecule has 0 spiro atoms. The smallest absolute Gasteiger partial charge is 0.243 e. The van der Waals surface area contributed by atoms with Crippen molar-refractivity contribution in [3.63, 3.8) is 0 Å². The lowest BCUT2D eigenvalue weighted by Gasteiger charge is -2.32. The Kier molecular flexibility index (Phi) is 3.72. The number of carbonyl (C=O) groups excluding carboxylic acids is 1. The molecule has 1 heterocycles. The van der Waals surface area contributed by atoms with Gasteiger partial charge in [0, 0.05) is 29.8 Å². The summed E-state index contributed by atoms with van der Waals surface area (Å²) in [4.78, 5) is 12.4. The predicted molar refractivity (Wildman–Crippen MR) is 87.2 cm³/mol. The fraction of sp³-hybridized carbons (Fsp3) is 0.333. The monoisotopic (exact) mass is 293 g/mol. The standard InChI is InChI=1S/C18H19N3O/c1-13(2)18(22)21-11-5-10-20(21)17-9-8-14(12-19)15-6-3-4-7-16(15)17/h3-4,6-9,13H,5,10-11H2,1-2H3. The summed E-state index contributed by atoms with van der Waals surface area (Å²) < 4.78 is 0. The summed E-state index contributed by atoms with van der Waals surface area (Å²) in [5.74, 6) is 0.121. The van der Waals surface area contributed by atoms with E-state index in [2.05, 4.69) is 11.1 Å². The topological polar surface area (TPSA) is 47.3 Å². The third kappa shape index (κ3) is 2.29. The van der Waals surface area contributed by atoms with E-state index in [1.807, 2.05) is 55.3 Å². The molecule has 1 amide bonds.